The molecule has 0 bridgehead atoms. The predicted molar refractivity (Wildman–Crippen MR) is 298 cm³/mol. The summed E-state index contributed by atoms with van der Waals surface area (Å²) < 4.78 is 97.6. The molecule has 79 heavy (non-hydrogen) atoms. The van der Waals surface area contributed by atoms with Crippen LogP contribution in [0.15, 0.2) is 131 Å². The number of carbonyl (C=O) groups is 5. The Morgan fingerprint density at radius 2 is 1.28 bits per heavy atom. The van der Waals surface area contributed by atoms with E-state index in [-0.39, 0.29) is 16.3 Å². The van der Waals surface area contributed by atoms with Gasteiger partial charge in [-0.1, -0.05) is 125 Å². The number of allylic oxidation sites excluding steroid dienone is 1. The summed E-state index contributed by atoms with van der Waals surface area (Å²) in [4.78, 5) is 54.1. The van der Waals surface area contributed by atoms with Gasteiger partial charge in [-0.15, -0.1) is 0 Å². The van der Waals surface area contributed by atoms with Crippen LogP contribution >= 0.6 is 11.6 Å². The fourth-order valence-corrected chi connectivity index (χ4v) is 10.2. The molecule has 23 heteroatoms. The van der Waals surface area contributed by atoms with Crippen LogP contribution in [-0.2, 0) is 45.4 Å². The summed E-state index contributed by atoms with van der Waals surface area (Å²) in [6.45, 7) is 1.12. The van der Waals surface area contributed by atoms with Crippen molar-refractivity contribution in [3.63, 3.8) is 0 Å². The molecule has 0 aliphatic heterocycles. The lowest BCUT2D eigenvalue weighted by Gasteiger charge is -2.23. The number of nitrogens with zero attached hydrogens (tertiary/aromatic N) is 2. The number of aldehydes is 1. The highest BCUT2D eigenvalue weighted by Crippen LogP contribution is 2.34. The number of carboxylic acids is 4. The summed E-state index contributed by atoms with van der Waals surface area (Å²) in [5.74, 6) is -3.87. The fourth-order valence-electron chi connectivity index (χ4n) is 7.37. The van der Waals surface area contributed by atoms with E-state index in [0.29, 0.717) is 39.4 Å². The smallest absolute Gasteiger partial charge is 0.416 e. The maximum Gasteiger partial charge on any atom is 0.416 e. The molecule has 0 amide bonds. The number of benzene rings is 5. The van der Waals surface area contributed by atoms with Crippen molar-refractivity contribution in [2.45, 2.75) is 113 Å². The molecule has 0 aliphatic rings. The molecule has 432 valence electrons. The van der Waals surface area contributed by atoms with E-state index < -0.39 is 74.5 Å². The normalized spacial score (nSPS) is 11.2. The van der Waals surface area contributed by atoms with Gasteiger partial charge in [0.15, 0.2) is 12.9 Å². The molecule has 5 aromatic carbocycles. The number of carboxylic acid groups (broad SMARTS) is 4. The van der Waals surface area contributed by atoms with Gasteiger partial charge < -0.3 is 30.1 Å². The SMILES string of the molecule is CCCCCCC=CC(=O)O.CN(C)c1cccc2c(S(=O)(=O)NCCCCCCCCCCC(=O)O)cccc12.O=C(O)CN(c1cccc(C(F)(F)F)c1)S(=O)(=O)c1ccc(Cl)cc1.O=Cc1ccccc1OCC(=O)O. The van der Waals surface area contributed by atoms with Crippen LogP contribution < -0.4 is 18.7 Å². The van der Waals surface area contributed by atoms with Crippen LogP contribution in [0.1, 0.15) is 113 Å². The van der Waals surface area contributed by atoms with Crippen molar-refractivity contribution in [3.05, 3.63) is 137 Å². The highest BCUT2D eigenvalue weighted by molar-refractivity contribution is 7.92. The Hall–Kier alpha value is -7.01. The lowest BCUT2D eigenvalue weighted by atomic mass is 10.1. The summed E-state index contributed by atoms with van der Waals surface area (Å²) in [6.07, 6.45) is 12.7. The molecule has 0 aliphatic carbocycles. The minimum atomic E-state index is -4.70. The molecule has 5 rings (SSSR count). The maximum atomic E-state index is 12.9. The van der Waals surface area contributed by atoms with Gasteiger partial charge in [0, 0.05) is 54.6 Å². The van der Waals surface area contributed by atoms with Crippen LogP contribution in [0.3, 0.4) is 0 Å². The zero-order chi connectivity index (χ0) is 59.0. The summed E-state index contributed by atoms with van der Waals surface area (Å²) in [5, 5.41) is 36.0. The predicted octanol–water partition coefficient (Wildman–Crippen LogP) is 12.0. The van der Waals surface area contributed by atoms with Gasteiger partial charge in [-0.25, -0.2) is 31.1 Å². The van der Waals surface area contributed by atoms with Crippen molar-refractivity contribution in [2.24, 2.45) is 0 Å². The first-order chi connectivity index (χ1) is 37.3. The topological polar surface area (TPSA) is 262 Å². The van der Waals surface area contributed by atoms with Gasteiger partial charge in [0.1, 0.15) is 12.3 Å². The Labute approximate surface area is 464 Å². The molecule has 0 saturated heterocycles. The minimum Gasteiger partial charge on any atom is -0.481 e. The molecular weight excluding hydrogens is 1100 g/mol. The fraction of sp³-hybridized carbons (Fsp3) is 0.375. The number of halogens is 4. The number of para-hydroxylation sites is 1. The third-order valence-corrected chi connectivity index (χ3v) is 14.8. The number of unbranched alkanes of at least 4 members (excludes halogenated alkanes) is 11. The number of rotatable bonds is 29. The summed E-state index contributed by atoms with van der Waals surface area (Å²) in [5.41, 5.74) is -0.157. The number of fused-ring (bicyclic) bond motifs is 1. The van der Waals surface area contributed by atoms with Crippen molar-refractivity contribution in [3.8, 4) is 5.75 Å². The Bertz CT molecular complexity index is 2980. The Balaban J connectivity index is 0.000000389. The first kappa shape index (κ1) is 68.1. The van der Waals surface area contributed by atoms with Crippen LogP contribution in [-0.4, -0.2) is 101 Å². The molecule has 0 spiro atoms. The Morgan fingerprint density at radius 3 is 1.86 bits per heavy atom. The first-order valence-corrected chi connectivity index (χ1v) is 28.5. The highest BCUT2D eigenvalue weighted by atomic mass is 35.5. The van der Waals surface area contributed by atoms with Crippen molar-refractivity contribution in [1.82, 2.24) is 4.72 Å². The van der Waals surface area contributed by atoms with E-state index in [1.807, 2.05) is 43.3 Å². The van der Waals surface area contributed by atoms with Crippen LogP contribution in [0, 0.1) is 0 Å². The number of carbonyl (C=O) groups excluding carboxylic acids is 1. The summed E-state index contributed by atoms with van der Waals surface area (Å²) >= 11 is 5.69. The van der Waals surface area contributed by atoms with Gasteiger partial charge in [-0.05, 0) is 92.4 Å². The molecule has 0 atom stereocenters. The summed E-state index contributed by atoms with van der Waals surface area (Å²) in [7, 11) is -4.06. The highest BCUT2D eigenvalue weighted by Gasteiger charge is 2.33. The van der Waals surface area contributed by atoms with Gasteiger partial charge in [-0.2, -0.15) is 13.2 Å². The van der Waals surface area contributed by atoms with Crippen molar-refractivity contribution in [2.75, 3.05) is 43.0 Å². The molecular formula is C56H69ClF3N3O14S2. The molecule has 5 N–H and O–H groups in total. The molecule has 17 nitrogen and oxygen atoms in total. The number of nitrogens with one attached hydrogen (secondary N) is 1. The van der Waals surface area contributed by atoms with E-state index >= 15 is 0 Å². The molecule has 0 fully saturated rings. The Kier molecular flexibility index (Phi) is 30.6. The zero-order valence-corrected chi connectivity index (χ0v) is 46.6. The third-order valence-electron chi connectivity index (χ3n) is 11.3. The largest absolute Gasteiger partial charge is 0.481 e. The van der Waals surface area contributed by atoms with Gasteiger partial charge in [0.25, 0.3) is 10.0 Å². The van der Waals surface area contributed by atoms with E-state index in [1.165, 1.54) is 37.5 Å². The molecule has 0 radical (unpaired) electrons. The van der Waals surface area contributed by atoms with E-state index in [4.69, 9.17) is 36.8 Å². The standard InChI is InChI=1S/C23H34N2O4S.C15H11ClF3NO4S.C9H8O4.C9H16O2/c1-25(2)21-15-11-14-20-19(21)13-12-16-22(20)30(28,29)24-18-10-8-6-4-3-5-7-9-17-23(26)27;16-11-4-6-13(7-5-11)25(23,24)20(9-14(21)22)12-3-1-2-10(8-12)15(17,18)19;10-5-7-3-1-2-4-8(7)13-6-9(11)12;1-2-3-4-5-6-7-8-9(10)11/h11-16,24H,3-10,17-18H2,1-2H3,(H,26,27);1-8H,9H2,(H,21,22);1-5H,6H2,(H,11,12);7-8H,2-6H2,1H3,(H,10,11). The second kappa shape index (κ2) is 35.5. The van der Waals surface area contributed by atoms with Gasteiger partial charge in [0.05, 0.1) is 26.6 Å². The number of hydrogen-bond acceptors (Lipinski definition) is 11. The lowest BCUT2D eigenvalue weighted by molar-refractivity contribution is -0.139. The third kappa shape index (κ3) is 26.0. The number of sulfonamides is 2. The molecule has 0 unspecified atom stereocenters. The van der Waals surface area contributed by atoms with Crippen LogP contribution in [0.5, 0.6) is 5.75 Å². The molecule has 0 aromatic heterocycles. The second-order valence-corrected chi connectivity index (χ2v) is 21.8. The maximum absolute atomic E-state index is 12.9. The molecule has 5 aromatic rings. The van der Waals surface area contributed by atoms with Crippen LogP contribution in [0.2, 0.25) is 5.02 Å². The zero-order valence-electron chi connectivity index (χ0n) is 44.2. The van der Waals surface area contributed by atoms with Gasteiger partial charge >= 0.3 is 30.1 Å². The van der Waals surface area contributed by atoms with Gasteiger partial charge in [-0.3, -0.25) is 18.7 Å². The lowest BCUT2D eigenvalue weighted by Crippen LogP contribution is -2.35. The average Bonchev–Trinajstić information content (AvgIpc) is 3.43. The number of anilines is 2. The van der Waals surface area contributed by atoms with E-state index in [2.05, 4.69) is 11.6 Å². The van der Waals surface area contributed by atoms with E-state index in [0.717, 1.165) is 111 Å². The van der Waals surface area contributed by atoms with E-state index in [9.17, 15) is 54.0 Å². The summed E-state index contributed by atoms with van der Waals surface area (Å²) in [6, 6.07) is 25.9. The van der Waals surface area contributed by atoms with Crippen LogP contribution in [0.25, 0.3) is 10.8 Å². The molecule has 0 saturated carbocycles. The average molecular weight is 1160 g/mol. The van der Waals surface area contributed by atoms with E-state index in [1.54, 1.807) is 42.5 Å². The second-order valence-electron chi connectivity index (χ2n) is 17.7. The van der Waals surface area contributed by atoms with Crippen molar-refractivity contribution < 1.29 is 79.1 Å². The van der Waals surface area contributed by atoms with Crippen molar-refractivity contribution >= 4 is 84.0 Å². The minimum absolute atomic E-state index is 0.253. The van der Waals surface area contributed by atoms with Gasteiger partial charge in [0.2, 0.25) is 10.0 Å². The number of alkyl halides is 3. The first-order valence-electron chi connectivity index (χ1n) is 25.2. The molecule has 0 heterocycles. The Morgan fingerprint density at radius 1 is 0.684 bits per heavy atom. The number of hydrogen-bond donors (Lipinski definition) is 5. The van der Waals surface area contributed by atoms with Crippen molar-refractivity contribution in [1.29, 1.82) is 0 Å². The van der Waals surface area contributed by atoms with Crippen LogP contribution in [0.4, 0.5) is 24.5 Å². The number of aliphatic carboxylic acids is 4. The monoisotopic (exact) mass is 1160 g/mol. The quantitative estimate of drug-likeness (QED) is 0.0169. The number of ether oxygens (including phenoxy) is 1.